The van der Waals surface area contributed by atoms with E-state index in [-0.39, 0.29) is 11.7 Å². The molecule has 1 heterocycles. The fourth-order valence-electron chi connectivity index (χ4n) is 3.62. The van der Waals surface area contributed by atoms with Gasteiger partial charge < -0.3 is 5.73 Å². The summed E-state index contributed by atoms with van der Waals surface area (Å²) in [7, 11) is 0. The Kier molecular flexibility index (Phi) is 6.53. The Morgan fingerprint density at radius 1 is 1.04 bits per heavy atom. The van der Waals surface area contributed by atoms with Gasteiger partial charge in [-0.15, -0.1) is 0 Å². The minimum Gasteiger partial charge on any atom is -0.326 e. The highest BCUT2D eigenvalue weighted by Crippen LogP contribution is 2.22. The second-order valence-electron chi connectivity index (χ2n) is 7.17. The molecule has 1 saturated heterocycles. The van der Waals surface area contributed by atoms with Crippen molar-refractivity contribution in [2.45, 2.75) is 38.8 Å². The molecule has 3 rings (SSSR count). The van der Waals surface area contributed by atoms with Gasteiger partial charge in [-0.1, -0.05) is 36.4 Å². The lowest BCUT2D eigenvalue weighted by atomic mass is 9.89. The van der Waals surface area contributed by atoms with Gasteiger partial charge in [0.15, 0.2) is 0 Å². The summed E-state index contributed by atoms with van der Waals surface area (Å²) < 4.78 is 13.3. The van der Waals surface area contributed by atoms with Gasteiger partial charge in [0.25, 0.3) is 0 Å². The molecule has 2 aromatic rings. The normalized spacial score (nSPS) is 15.9. The maximum atomic E-state index is 13.3. The molecule has 26 heavy (non-hydrogen) atoms. The number of hydrogen-bond acceptors (Lipinski definition) is 3. The molecule has 0 unspecified atom stereocenters. The zero-order chi connectivity index (χ0) is 18.4. The molecule has 0 saturated carbocycles. The first-order valence-corrected chi connectivity index (χ1v) is 9.41. The number of halogens is 1. The quantitative estimate of drug-likeness (QED) is 0.825. The van der Waals surface area contributed by atoms with E-state index < -0.39 is 0 Å². The lowest BCUT2D eigenvalue weighted by Gasteiger charge is -2.31. The van der Waals surface area contributed by atoms with Crippen LogP contribution >= 0.6 is 0 Å². The summed E-state index contributed by atoms with van der Waals surface area (Å²) >= 11 is 0. The summed E-state index contributed by atoms with van der Waals surface area (Å²) in [6.07, 6.45) is 3.21. The van der Waals surface area contributed by atoms with Crippen LogP contribution in [-0.2, 0) is 24.3 Å². The van der Waals surface area contributed by atoms with E-state index in [9.17, 15) is 9.18 Å². The van der Waals surface area contributed by atoms with Crippen LogP contribution in [0.15, 0.2) is 48.5 Å². The molecule has 1 aliphatic rings. The van der Waals surface area contributed by atoms with Crippen LogP contribution in [0.3, 0.4) is 0 Å². The fraction of sp³-hybridized carbons (Fsp3) is 0.409. The van der Waals surface area contributed by atoms with Crippen molar-refractivity contribution in [3.63, 3.8) is 0 Å². The SMILES string of the molecule is NCc1ccc(CCC(=O)C2CCN(Cc3cccc(F)c3)CC2)cc1. The van der Waals surface area contributed by atoms with Gasteiger partial charge in [-0.25, -0.2) is 4.39 Å². The van der Waals surface area contributed by atoms with Crippen LogP contribution in [0.4, 0.5) is 4.39 Å². The van der Waals surface area contributed by atoms with Gasteiger partial charge in [-0.3, -0.25) is 9.69 Å². The highest BCUT2D eigenvalue weighted by molar-refractivity contribution is 5.81. The van der Waals surface area contributed by atoms with Gasteiger partial charge >= 0.3 is 0 Å². The van der Waals surface area contributed by atoms with Crippen molar-refractivity contribution < 1.29 is 9.18 Å². The zero-order valence-electron chi connectivity index (χ0n) is 15.2. The van der Waals surface area contributed by atoms with Crippen molar-refractivity contribution in [2.75, 3.05) is 13.1 Å². The Morgan fingerprint density at radius 2 is 1.73 bits per heavy atom. The molecule has 0 aliphatic carbocycles. The van der Waals surface area contributed by atoms with Crippen LogP contribution in [0.5, 0.6) is 0 Å². The summed E-state index contributed by atoms with van der Waals surface area (Å²) in [5.41, 5.74) is 8.92. The number of nitrogens with zero attached hydrogens (tertiary/aromatic N) is 1. The predicted octanol–water partition coefficient (Wildman–Crippen LogP) is 3.70. The van der Waals surface area contributed by atoms with E-state index in [1.54, 1.807) is 12.1 Å². The van der Waals surface area contributed by atoms with Crippen LogP contribution in [0, 0.1) is 11.7 Å². The number of ketones is 1. The van der Waals surface area contributed by atoms with Crippen LogP contribution in [-0.4, -0.2) is 23.8 Å². The van der Waals surface area contributed by atoms with E-state index in [0.29, 0.717) is 18.7 Å². The Hall–Kier alpha value is -2.04. The van der Waals surface area contributed by atoms with Crippen LogP contribution in [0.2, 0.25) is 0 Å². The van der Waals surface area contributed by atoms with Crippen molar-refractivity contribution in [1.82, 2.24) is 4.90 Å². The van der Waals surface area contributed by atoms with Gasteiger partial charge in [0, 0.05) is 25.4 Å². The third kappa shape index (κ3) is 5.23. The maximum absolute atomic E-state index is 13.3. The van der Waals surface area contributed by atoms with Crippen LogP contribution in [0.1, 0.15) is 36.0 Å². The standard InChI is InChI=1S/C22H27FN2O/c23-21-3-1-2-19(14-21)16-25-12-10-20(11-13-25)22(26)9-8-17-4-6-18(15-24)7-5-17/h1-7,14,20H,8-13,15-16,24H2. The minimum atomic E-state index is -0.188. The summed E-state index contributed by atoms with van der Waals surface area (Å²) in [5.74, 6) is 0.354. The Balaban J connectivity index is 1.42. The number of carbonyl (C=O) groups excluding carboxylic acids is 1. The highest BCUT2D eigenvalue weighted by Gasteiger charge is 2.24. The maximum Gasteiger partial charge on any atom is 0.136 e. The van der Waals surface area contributed by atoms with Crippen LogP contribution < -0.4 is 5.73 Å². The van der Waals surface area contributed by atoms with E-state index in [2.05, 4.69) is 17.0 Å². The van der Waals surface area contributed by atoms with E-state index in [1.807, 2.05) is 18.2 Å². The number of rotatable bonds is 7. The minimum absolute atomic E-state index is 0.169. The molecule has 1 aliphatic heterocycles. The molecule has 138 valence electrons. The fourth-order valence-corrected chi connectivity index (χ4v) is 3.62. The third-order valence-corrected chi connectivity index (χ3v) is 5.26. The molecule has 0 amide bonds. The number of benzene rings is 2. The average Bonchev–Trinajstić information content (AvgIpc) is 2.67. The van der Waals surface area contributed by atoms with E-state index >= 15 is 0 Å². The van der Waals surface area contributed by atoms with Gasteiger partial charge in [0.05, 0.1) is 0 Å². The molecule has 4 heteroatoms. The van der Waals surface area contributed by atoms with Crippen molar-refractivity contribution in [3.05, 3.63) is 71.0 Å². The van der Waals surface area contributed by atoms with Crippen molar-refractivity contribution in [1.29, 1.82) is 0 Å². The highest BCUT2D eigenvalue weighted by atomic mass is 19.1. The molecule has 0 atom stereocenters. The number of aryl methyl sites for hydroxylation is 1. The van der Waals surface area contributed by atoms with Crippen molar-refractivity contribution in [2.24, 2.45) is 11.7 Å². The molecule has 1 fully saturated rings. The summed E-state index contributed by atoms with van der Waals surface area (Å²) in [4.78, 5) is 14.8. The molecule has 0 bridgehead atoms. The number of Topliss-reactive ketones (excluding diaryl/α,β-unsaturated/α-hetero) is 1. The zero-order valence-corrected chi connectivity index (χ0v) is 15.2. The molecule has 0 radical (unpaired) electrons. The summed E-state index contributed by atoms with van der Waals surface area (Å²) in [6.45, 7) is 3.11. The number of carbonyl (C=O) groups is 1. The molecule has 2 aromatic carbocycles. The Bertz CT molecular complexity index is 721. The molecule has 0 spiro atoms. The van der Waals surface area contributed by atoms with Crippen LogP contribution in [0.25, 0.3) is 0 Å². The average molecular weight is 354 g/mol. The van der Waals surface area contributed by atoms with Gasteiger partial charge in [0.2, 0.25) is 0 Å². The molecular formula is C22H27FN2O. The third-order valence-electron chi connectivity index (χ3n) is 5.26. The smallest absolute Gasteiger partial charge is 0.136 e. The topological polar surface area (TPSA) is 46.3 Å². The lowest BCUT2D eigenvalue weighted by Crippen LogP contribution is -2.36. The Labute approximate surface area is 155 Å². The van der Waals surface area contributed by atoms with E-state index in [4.69, 9.17) is 5.73 Å². The molecule has 3 nitrogen and oxygen atoms in total. The van der Waals surface area contributed by atoms with Gasteiger partial charge in [0.1, 0.15) is 11.6 Å². The van der Waals surface area contributed by atoms with E-state index in [0.717, 1.165) is 50.0 Å². The first-order chi connectivity index (χ1) is 12.6. The number of likely N-dealkylation sites (tertiary alicyclic amines) is 1. The second-order valence-corrected chi connectivity index (χ2v) is 7.17. The predicted molar refractivity (Wildman–Crippen MR) is 102 cm³/mol. The largest absolute Gasteiger partial charge is 0.326 e. The van der Waals surface area contributed by atoms with Crippen molar-refractivity contribution >= 4 is 5.78 Å². The summed E-state index contributed by atoms with van der Waals surface area (Å²) in [5, 5.41) is 0. The number of piperidine rings is 1. The Morgan fingerprint density at radius 3 is 2.38 bits per heavy atom. The number of nitrogens with two attached hydrogens (primary N) is 1. The number of hydrogen-bond donors (Lipinski definition) is 1. The monoisotopic (exact) mass is 354 g/mol. The van der Waals surface area contributed by atoms with Gasteiger partial charge in [-0.05, 0) is 61.2 Å². The lowest BCUT2D eigenvalue weighted by molar-refractivity contribution is -0.124. The molecule has 2 N–H and O–H groups in total. The first-order valence-electron chi connectivity index (χ1n) is 9.41. The first kappa shape index (κ1) is 18.7. The molecule has 0 aromatic heterocycles. The van der Waals surface area contributed by atoms with E-state index in [1.165, 1.54) is 11.6 Å². The van der Waals surface area contributed by atoms with Gasteiger partial charge in [-0.2, -0.15) is 0 Å². The second kappa shape index (κ2) is 9.06. The molecular weight excluding hydrogens is 327 g/mol. The summed E-state index contributed by atoms with van der Waals surface area (Å²) in [6, 6.07) is 15.0. The van der Waals surface area contributed by atoms with Crippen molar-refractivity contribution in [3.8, 4) is 0 Å².